The first kappa shape index (κ1) is 14.6. The molecule has 0 aliphatic carbocycles. The molecule has 0 bridgehead atoms. The lowest BCUT2D eigenvalue weighted by atomic mass is 10.2. The predicted octanol–water partition coefficient (Wildman–Crippen LogP) is 0.992. The van der Waals surface area contributed by atoms with E-state index in [9.17, 15) is 9.59 Å². The summed E-state index contributed by atoms with van der Waals surface area (Å²) in [5.41, 5.74) is 1.31. The fourth-order valence-corrected chi connectivity index (χ4v) is 1.66. The molecule has 0 aliphatic heterocycles. The van der Waals surface area contributed by atoms with Gasteiger partial charge in [0, 0.05) is 30.4 Å². The molecule has 2 aromatic heterocycles. The summed E-state index contributed by atoms with van der Waals surface area (Å²) in [4.78, 5) is 31.0. The van der Waals surface area contributed by atoms with Gasteiger partial charge in [-0.1, -0.05) is 6.07 Å². The molecular weight excluding hydrogens is 270 g/mol. The number of hydrogen-bond donors (Lipinski definition) is 1. The molecule has 0 radical (unpaired) electrons. The number of nitrogens with one attached hydrogen (secondary N) is 1. The van der Waals surface area contributed by atoms with Crippen molar-refractivity contribution in [2.45, 2.75) is 6.42 Å². The third-order valence-corrected chi connectivity index (χ3v) is 2.66. The number of carbonyl (C=O) groups excluding carboxylic acids is 2. The summed E-state index contributed by atoms with van der Waals surface area (Å²) in [6.45, 7) is 0.399. The predicted molar refractivity (Wildman–Crippen MR) is 75.5 cm³/mol. The summed E-state index contributed by atoms with van der Waals surface area (Å²) in [6, 6.07) is 6.80. The van der Waals surface area contributed by atoms with E-state index in [1.54, 1.807) is 49.1 Å². The average molecular weight is 285 g/mol. The minimum Gasteiger partial charge on any atom is -0.464 e. The largest absolute Gasteiger partial charge is 0.464 e. The van der Waals surface area contributed by atoms with Crippen molar-refractivity contribution < 1.29 is 14.3 Å². The Bertz CT molecular complexity index is 588. The maximum Gasteiger partial charge on any atom is 0.310 e. The van der Waals surface area contributed by atoms with Crippen molar-refractivity contribution >= 4 is 11.9 Å². The Kier molecular flexibility index (Phi) is 5.40. The molecular formula is C15H15N3O3. The van der Waals surface area contributed by atoms with Crippen LogP contribution in [0.2, 0.25) is 0 Å². The van der Waals surface area contributed by atoms with Crippen LogP contribution in [-0.4, -0.2) is 35.0 Å². The zero-order valence-electron chi connectivity index (χ0n) is 11.4. The highest BCUT2D eigenvalue weighted by Gasteiger charge is 2.06. The molecule has 0 aliphatic rings. The molecule has 6 nitrogen and oxygen atoms in total. The Balaban J connectivity index is 1.66. The van der Waals surface area contributed by atoms with Crippen LogP contribution in [0.4, 0.5) is 0 Å². The SMILES string of the molecule is O=C(Cc1cccnc1)OCCNC(=O)c1ccncc1. The highest BCUT2D eigenvalue weighted by atomic mass is 16.5. The van der Waals surface area contributed by atoms with E-state index in [-0.39, 0.29) is 31.4 Å². The van der Waals surface area contributed by atoms with Crippen molar-refractivity contribution in [2.75, 3.05) is 13.2 Å². The summed E-state index contributed by atoms with van der Waals surface area (Å²) >= 11 is 0. The fourth-order valence-electron chi connectivity index (χ4n) is 1.66. The van der Waals surface area contributed by atoms with Gasteiger partial charge in [0.2, 0.25) is 0 Å². The number of carbonyl (C=O) groups is 2. The summed E-state index contributed by atoms with van der Waals surface area (Å²) < 4.78 is 5.04. The van der Waals surface area contributed by atoms with Crippen molar-refractivity contribution in [3.05, 3.63) is 60.2 Å². The highest BCUT2D eigenvalue weighted by molar-refractivity contribution is 5.93. The molecule has 0 spiro atoms. The fraction of sp³-hybridized carbons (Fsp3) is 0.200. The number of aromatic nitrogens is 2. The van der Waals surface area contributed by atoms with Gasteiger partial charge in [-0.15, -0.1) is 0 Å². The maximum atomic E-state index is 11.7. The zero-order valence-corrected chi connectivity index (χ0v) is 11.4. The molecule has 1 amide bonds. The summed E-state index contributed by atoms with van der Waals surface area (Å²) in [5.74, 6) is -0.568. The van der Waals surface area contributed by atoms with Crippen LogP contribution < -0.4 is 5.32 Å². The van der Waals surface area contributed by atoms with Gasteiger partial charge in [-0.2, -0.15) is 0 Å². The van der Waals surface area contributed by atoms with Crippen molar-refractivity contribution in [3.63, 3.8) is 0 Å². The lowest BCUT2D eigenvalue weighted by Gasteiger charge is -2.06. The quantitative estimate of drug-likeness (QED) is 0.632. The smallest absolute Gasteiger partial charge is 0.310 e. The van der Waals surface area contributed by atoms with Gasteiger partial charge in [0.25, 0.3) is 5.91 Å². The van der Waals surface area contributed by atoms with E-state index in [2.05, 4.69) is 15.3 Å². The number of nitrogens with zero attached hydrogens (tertiary/aromatic N) is 2. The van der Waals surface area contributed by atoms with Gasteiger partial charge >= 0.3 is 5.97 Å². The van der Waals surface area contributed by atoms with Crippen LogP contribution in [0.3, 0.4) is 0 Å². The standard InChI is InChI=1S/C15H15N3O3/c19-14(10-12-2-1-5-17-11-12)21-9-8-18-15(20)13-3-6-16-7-4-13/h1-7,11H,8-10H2,(H,18,20). The van der Waals surface area contributed by atoms with E-state index in [4.69, 9.17) is 4.74 Å². The zero-order chi connectivity index (χ0) is 14.9. The van der Waals surface area contributed by atoms with E-state index < -0.39 is 0 Å². The van der Waals surface area contributed by atoms with Crippen LogP contribution in [0.5, 0.6) is 0 Å². The van der Waals surface area contributed by atoms with E-state index in [1.165, 1.54) is 0 Å². The van der Waals surface area contributed by atoms with Gasteiger partial charge < -0.3 is 10.1 Å². The van der Waals surface area contributed by atoms with Crippen LogP contribution in [-0.2, 0) is 16.0 Å². The molecule has 6 heteroatoms. The summed E-state index contributed by atoms with van der Waals surface area (Å²) in [7, 11) is 0. The maximum absolute atomic E-state index is 11.7. The van der Waals surface area contributed by atoms with E-state index in [0.717, 1.165) is 5.56 Å². The summed E-state index contributed by atoms with van der Waals surface area (Å²) in [6.07, 6.45) is 6.52. The second-order valence-corrected chi connectivity index (χ2v) is 4.25. The van der Waals surface area contributed by atoms with Gasteiger partial charge in [-0.3, -0.25) is 19.6 Å². The van der Waals surface area contributed by atoms with Crippen LogP contribution in [0.1, 0.15) is 15.9 Å². The van der Waals surface area contributed by atoms with Crippen LogP contribution in [0.25, 0.3) is 0 Å². The first-order valence-electron chi connectivity index (χ1n) is 6.48. The minimum atomic E-state index is -0.346. The molecule has 0 saturated heterocycles. The van der Waals surface area contributed by atoms with Crippen LogP contribution >= 0.6 is 0 Å². The first-order valence-corrected chi connectivity index (χ1v) is 6.48. The molecule has 1 N–H and O–H groups in total. The Labute approximate surface area is 122 Å². The topological polar surface area (TPSA) is 81.2 Å². The van der Waals surface area contributed by atoms with Gasteiger partial charge in [-0.05, 0) is 23.8 Å². The molecule has 108 valence electrons. The number of amides is 1. The van der Waals surface area contributed by atoms with Crippen molar-refractivity contribution in [1.29, 1.82) is 0 Å². The van der Waals surface area contributed by atoms with Crippen molar-refractivity contribution in [2.24, 2.45) is 0 Å². The molecule has 0 aromatic carbocycles. The first-order chi connectivity index (χ1) is 10.3. The number of ether oxygens (including phenoxy) is 1. The molecule has 21 heavy (non-hydrogen) atoms. The second-order valence-electron chi connectivity index (χ2n) is 4.25. The Morgan fingerprint density at radius 1 is 1.10 bits per heavy atom. The number of esters is 1. The minimum absolute atomic E-state index is 0.135. The number of pyridine rings is 2. The van der Waals surface area contributed by atoms with Gasteiger partial charge in [0.15, 0.2) is 0 Å². The number of hydrogen-bond acceptors (Lipinski definition) is 5. The lowest BCUT2D eigenvalue weighted by molar-refractivity contribution is -0.142. The van der Waals surface area contributed by atoms with Crippen LogP contribution in [0, 0.1) is 0 Å². The second kappa shape index (κ2) is 7.74. The van der Waals surface area contributed by atoms with Gasteiger partial charge in [-0.25, -0.2) is 0 Å². The normalized spacial score (nSPS) is 9.90. The molecule has 0 fully saturated rings. The van der Waals surface area contributed by atoms with Crippen molar-refractivity contribution in [3.8, 4) is 0 Å². The Morgan fingerprint density at radius 3 is 2.62 bits per heavy atom. The third-order valence-electron chi connectivity index (χ3n) is 2.66. The monoisotopic (exact) mass is 285 g/mol. The Hall–Kier alpha value is -2.76. The van der Waals surface area contributed by atoms with Crippen molar-refractivity contribution in [1.82, 2.24) is 15.3 Å². The van der Waals surface area contributed by atoms with Gasteiger partial charge in [0.05, 0.1) is 13.0 Å². The lowest BCUT2D eigenvalue weighted by Crippen LogP contribution is -2.28. The van der Waals surface area contributed by atoms with Gasteiger partial charge in [0.1, 0.15) is 6.61 Å². The molecule has 2 aromatic rings. The van der Waals surface area contributed by atoms with Crippen LogP contribution in [0.15, 0.2) is 49.1 Å². The van der Waals surface area contributed by atoms with E-state index >= 15 is 0 Å². The third kappa shape index (κ3) is 5.02. The molecule has 2 rings (SSSR count). The average Bonchev–Trinajstić information content (AvgIpc) is 2.53. The number of rotatable bonds is 6. The van der Waals surface area contributed by atoms with E-state index in [1.807, 2.05) is 0 Å². The van der Waals surface area contributed by atoms with E-state index in [0.29, 0.717) is 5.56 Å². The molecule has 0 atom stereocenters. The molecule has 0 saturated carbocycles. The molecule has 2 heterocycles. The molecule has 0 unspecified atom stereocenters. The summed E-state index contributed by atoms with van der Waals surface area (Å²) in [5, 5.41) is 2.66. The Morgan fingerprint density at radius 2 is 1.90 bits per heavy atom. The highest BCUT2D eigenvalue weighted by Crippen LogP contribution is 1.98.